The Balaban J connectivity index is 1.53. The van der Waals surface area contributed by atoms with Crippen molar-refractivity contribution in [2.45, 2.75) is 403 Å². The number of aromatic nitrogens is 8. The maximum Gasteiger partial charge on any atom is 0.166 e. The maximum atomic E-state index is 8.07. The van der Waals surface area contributed by atoms with Crippen molar-refractivity contribution in [2.75, 3.05) is 46.0 Å². The predicted octanol–water partition coefficient (Wildman–Crippen LogP) is 39.5. The van der Waals surface area contributed by atoms with Gasteiger partial charge in [0.05, 0.1) is 51.5 Å². The second-order valence-electron chi connectivity index (χ2n) is 32.7. The van der Waals surface area contributed by atoms with Crippen molar-refractivity contribution < 1.29 is 0 Å². The molecule has 2 aliphatic rings. The number of nitrogens with zero attached hydrogens (tertiary/aromatic N) is 7. The molecule has 8 nitrogen and oxygen atoms in total. The quantitative estimate of drug-likeness (QED) is 0.0169. The van der Waals surface area contributed by atoms with Crippen molar-refractivity contribution in [1.82, 2.24) is 39.0 Å². The van der Waals surface area contributed by atoms with Crippen molar-refractivity contribution in [3.8, 4) is 45.6 Å². The molecular weight excluding hydrogens is 1810 g/mol. The van der Waals surface area contributed by atoms with E-state index in [0.717, 1.165) is 126 Å². The molecule has 0 radical (unpaired) electrons. The van der Waals surface area contributed by atoms with Gasteiger partial charge in [-0.25, -0.2) is 34.0 Å². The van der Waals surface area contributed by atoms with Crippen LogP contribution in [0.3, 0.4) is 0 Å². The number of halogens is 8. The van der Waals surface area contributed by atoms with E-state index in [1.165, 1.54) is 294 Å². The number of H-pyrrole nitrogens is 1. The summed E-state index contributed by atoms with van der Waals surface area (Å²) in [5, 5.41) is 3.69. The molecule has 4 aromatic carbocycles. The van der Waals surface area contributed by atoms with E-state index in [4.69, 9.17) is 123 Å². The van der Waals surface area contributed by atoms with Crippen LogP contribution in [-0.2, 0) is 0 Å². The molecule has 0 saturated carbocycles. The monoisotopic (exact) mass is 1940 g/mol. The molecule has 7 aromatic rings. The Morgan fingerprint density at radius 1 is 0.242 bits per heavy atom. The molecule has 120 heavy (non-hydrogen) atoms. The average Bonchev–Trinajstić information content (AvgIpc) is 1.55. The smallest absolute Gasteiger partial charge is 0.166 e. The lowest BCUT2D eigenvalue weighted by Crippen LogP contribution is -2.00. The van der Waals surface area contributed by atoms with E-state index in [-0.39, 0.29) is 52.3 Å². The molecular formula is C96H138Cl8N8S8. The van der Waals surface area contributed by atoms with Crippen LogP contribution in [0.1, 0.15) is 364 Å². The summed E-state index contributed by atoms with van der Waals surface area (Å²) < 4.78 is 1.41. The van der Waals surface area contributed by atoms with Crippen LogP contribution in [-0.4, -0.2) is 85.0 Å². The molecule has 0 saturated heterocycles. The number of nitrogens with one attached hydrogen (secondary N) is 1. The molecule has 5 heterocycles. The number of aromatic amines is 1. The summed E-state index contributed by atoms with van der Waals surface area (Å²) in [4.78, 5) is 49.8. The summed E-state index contributed by atoms with van der Waals surface area (Å²) in [6.45, 7) is 18.5. The van der Waals surface area contributed by atoms with Gasteiger partial charge in [0.15, 0.2) is 34.6 Å². The highest BCUT2D eigenvalue weighted by Gasteiger charge is 2.36. The zero-order valence-electron chi connectivity index (χ0n) is 73.6. The highest BCUT2D eigenvalue weighted by atomic mass is 35.5. The van der Waals surface area contributed by atoms with Gasteiger partial charge in [0.1, 0.15) is 11.3 Å². The van der Waals surface area contributed by atoms with Crippen LogP contribution in [0.5, 0.6) is 0 Å². The van der Waals surface area contributed by atoms with E-state index < -0.39 is 0 Å². The lowest BCUT2D eigenvalue weighted by Gasteiger charge is -2.23. The lowest BCUT2D eigenvalue weighted by molar-refractivity contribution is 0.626. The number of unbranched alkanes of at least 4 members (excludes halogenated alkanes) is 40. The molecule has 666 valence electrons. The highest BCUT2D eigenvalue weighted by molar-refractivity contribution is 8.05. The Morgan fingerprint density at radius 2 is 0.483 bits per heavy atom. The zero-order valence-corrected chi connectivity index (χ0v) is 86.2. The van der Waals surface area contributed by atoms with Crippen LogP contribution in [0.4, 0.5) is 0 Å². The summed E-state index contributed by atoms with van der Waals surface area (Å²) in [6, 6.07) is 1.81. The van der Waals surface area contributed by atoms with Gasteiger partial charge in [-0.05, 0) is 103 Å². The molecule has 1 N–H and O–H groups in total. The first-order valence-corrected chi connectivity index (χ1v) is 57.7. The number of benzene rings is 4. The van der Waals surface area contributed by atoms with E-state index >= 15 is 0 Å². The van der Waals surface area contributed by atoms with E-state index in [0.29, 0.717) is 50.7 Å². The number of rotatable bonds is 64. The predicted molar refractivity (Wildman–Crippen MR) is 549 cm³/mol. The second kappa shape index (κ2) is 58.2. The van der Waals surface area contributed by atoms with E-state index in [1.54, 1.807) is 0 Å². The molecule has 0 atom stereocenters. The molecule has 2 aliphatic heterocycles. The van der Waals surface area contributed by atoms with Crippen LogP contribution in [0, 0.1) is 0 Å². The minimum Gasteiger partial charge on any atom is -0.324 e. The van der Waals surface area contributed by atoms with E-state index in [2.05, 4.69) is 107 Å². The lowest BCUT2D eigenvalue weighted by atomic mass is 10.1. The fourth-order valence-corrected chi connectivity index (χ4v) is 28.8. The minimum atomic E-state index is 0.0459. The number of thioether (sulfide) groups is 8. The van der Waals surface area contributed by atoms with Crippen molar-refractivity contribution in [3.63, 3.8) is 0 Å². The molecule has 8 bridgehead atoms. The van der Waals surface area contributed by atoms with Gasteiger partial charge in [-0.15, -0.1) is 94.1 Å². The fraction of sp³-hybridized carbons (Fsp3) is 0.667. The Kier molecular flexibility index (Phi) is 50.0. The summed E-state index contributed by atoms with van der Waals surface area (Å²) in [6.07, 6.45) is 58.2. The first-order valence-electron chi connectivity index (χ1n) is 46.8. The fourth-order valence-electron chi connectivity index (χ4n) is 15.8. The SMILES string of the molecule is CCCCCCCCSc1c(SCCCCCCCC)c(SCCCCCCCC)c2c(c1SCCCCCCCC)-c1nc-2nc2c3c(Cl)c(Cl)c(Cl)c(Cl)c3c(nc3nc(nc4[nH]c(n1)c1c(SCCCCCCCC)c(SCCCCCCCC)c(SCCCCCCCC)c(SCCCCCCCC)c41)-c1cc(Cl)c(Cl)c(Cl)c1-3)n2Cl. The third-order valence-electron chi connectivity index (χ3n) is 22.8. The molecule has 3 aromatic heterocycles. The number of hydrogen-bond donors (Lipinski definition) is 1. The summed E-state index contributed by atoms with van der Waals surface area (Å²) >= 11 is 76.2. The summed E-state index contributed by atoms with van der Waals surface area (Å²) in [5.41, 5.74) is 4.69. The van der Waals surface area contributed by atoms with Gasteiger partial charge in [0, 0.05) is 78.4 Å². The maximum absolute atomic E-state index is 8.07. The topological polar surface area (TPSA) is 98.1 Å². The van der Waals surface area contributed by atoms with Gasteiger partial charge in [-0.3, -0.25) is 0 Å². The third kappa shape index (κ3) is 29.7. The van der Waals surface area contributed by atoms with Crippen molar-refractivity contribution in [1.29, 1.82) is 0 Å². The molecule has 24 heteroatoms. The van der Waals surface area contributed by atoms with Crippen LogP contribution in [0.25, 0.3) is 89.7 Å². The molecule has 0 amide bonds. The van der Waals surface area contributed by atoms with Crippen LogP contribution < -0.4 is 0 Å². The van der Waals surface area contributed by atoms with E-state index in [9.17, 15) is 0 Å². The normalized spacial score (nSPS) is 12.1. The zero-order chi connectivity index (χ0) is 85.4. The largest absolute Gasteiger partial charge is 0.324 e. The number of hydrogen-bond acceptors (Lipinski definition) is 14. The first kappa shape index (κ1) is 103. The first-order chi connectivity index (χ1) is 58.7. The van der Waals surface area contributed by atoms with Gasteiger partial charge in [-0.1, -0.05) is 393 Å². The summed E-state index contributed by atoms with van der Waals surface area (Å²) in [7, 11) is 0. The third-order valence-corrected chi connectivity index (χ3v) is 36.4. The van der Waals surface area contributed by atoms with Crippen molar-refractivity contribution in [3.05, 3.63) is 41.2 Å². The highest BCUT2D eigenvalue weighted by Crippen LogP contribution is 2.59. The molecule has 0 spiro atoms. The Morgan fingerprint density at radius 3 is 0.792 bits per heavy atom. The van der Waals surface area contributed by atoms with Crippen LogP contribution >= 0.6 is 187 Å². The Hall–Kier alpha value is -0.640. The standard InChI is InChI=1S/C96H138Cl8N8S8/c1-9-17-25-33-41-49-57-113-81-71-72(82(114-58-50-42-34-26-18-10-2)86(118-62-54-46-38-30-22-14-6)85(81)117-61-53-45-37-29-21-13-5)92-107-91(71)106-89-66-65-67(97)75(98)76(99)68(66)90(105-89)110-95-69-70(78(101)80(103)79(102)77(69)100)96(112(95)104)111-94-74-73(93(108-92)109-94)83(115-59-51-43-35-27-19-11-3)87(119-63-55-47-39-31-23-15-7)88(120-64-56-48-40-32-24-16-8)84(74)116-60-52-44-36-28-20-12-4/h65H,9-64H2,1-8H3,(H,105,106,107,108,109,110,111). The number of fused-ring (bicyclic) bond motifs is 20. The second-order valence-corrected chi connectivity index (χ2v) is 44.5. The summed E-state index contributed by atoms with van der Waals surface area (Å²) in [5.74, 6) is 9.39. The van der Waals surface area contributed by atoms with Crippen molar-refractivity contribution in [2.24, 2.45) is 0 Å². The van der Waals surface area contributed by atoms with Gasteiger partial charge in [0.25, 0.3) is 0 Å². The van der Waals surface area contributed by atoms with Gasteiger partial charge in [-0.2, -0.15) is 0 Å². The van der Waals surface area contributed by atoms with Gasteiger partial charge < -0.3 is 4.98 Å². The van der Waals surface area contributed by atoms with Crippen LogP contribution in [0.2, 0.25) is 35.2 Å². The Labute approximate surface area is 797 Å². The minimum absolute atomic E-state index is 0.0459. The van der Waals surface area contributed by atoms with Gasteiger partial charge in [0.2, 0.25) is 0 Å². The Bertz CT molecular complexity index is 4480. The average molecular weight is 1940 g/mol. The molecule has 9 rings (SSSR count). The van der Waals surface area contributed by atoms with Gasteiger partial charge >= 0.3 is 0 Å². The molecule has 0 unspecified atom stereocenters. The molecule has 0 fully saturated rings. The molecule has 0 aliphatic carbocycles. The van der Waals surface area contributed by atoms with Crippen LogP contribution in [0.15, 0.2) is 45.2 Å². The van der Waals surface area contributed by atoms with E-state index in [1.807, 2.05) is 53.1 Å². The van der Waals surface area contributed by atoms with Crippen molar-refractivity contribution >= 4 is 231 Å².